The Balaban J connectivity index is 0.00000120. The quantitative estimate of drug-likeness (QED) is 0.355. The van der Waals surface area contributed by atoms with Crippen LogP contribution < -0.4 is 10.3 Å². The first kappa shape index (κ1) is 25.9. The molecule has 0 unspecified atom stereocenters. The van der Waals surface area contributed by atoms with E-state index in [1.165, 1.54) is 0 Å². The van der Waals surface area contributed by atoms with Crippen LogP contribution in [-0.4, -0.2) is 13.3 Å². The summed E-state index contributed by atoms with van der Waals surface area (Å²) >= 11 is 0. The second-order valence-corrected chi connectivity index (χ2v) is 5.08. The van der Waals surface area contributed by atoms with E-state index in [0.717, 1.165) is 22.6 Å². The third-order valence-corrected chi connectivity index (χ3v) is 3.50. The molecule has 0 saturated heterocycles. The van der Waals surface area contributed by atoms with Gasteiger partial charge in [-0.25, -0.2) is 0 Å². The molecule has 0 aromatic heterocycles. The molecule has 0 radical (unpaired) electrons. The van der Waals surface area contributed by atoms with Crippen LogP contribution in [0.2, 0.25) is 0 Å². The number of anilines is 3. The van der Waals surface area contributed by atoms with Crippen LogP contribution in [-0.2, 0) is 0 Å². The highest BCUT2D eigenvalue weighted by Gasteiger charge is 2.11. The molecule has 1 N–H and O–H groups in total. The molecule has 0 saturated carbocycles. The minimum atomic E-state index is 1.05. The Morgan fingerprint density at radius 1 is 0.621 bits per heavy atom. The van der Waals surface area contributed by atoms with Crippen LogP contribution in [0.5, 0.6) is 0 Å². The number of hydrogen-bond donors (Lipinski definition) is 1. The summed E-state index contributed by atoms with van der Waals surface area (Å²) in [6.07, 6.45) is 1.82. The van der Waals surface area contributed by atoms with E-state index in [0.29, 0.717) is 0 Å². The molecule has 29 heavy (non-hydrogen) atoms. The molecule has 0 fully saturated rings. The minimum absolute atomic E-state index is 1.05. The van der Waals surface area contributed by atoms with Crippen molar-refractivity contribution in [1.29, 1.82) is 0 Å². The average Bonchev–Trinajstić information content (AvgIpc) is 2.83. The summed E-state index contributed by atoms with van der Waals surface area (Å²) in [5, 5.41) is 4.09. The lowest BCUT2D eigenvalue weighted by molar-refractivity contribution is 0.908. The summed E-state index contributed by atoms with van der Waals surface area (Å²) in [5.74, 6) is 0. The van der Waals surface area contributed by atoms with Gasteiger partial charge in [-0.2, -0.15) is 5.10 Å². The number of nitrogens with zero attached hydrogens (tertiary/aromatic N) is 2. The number of benzene rings is 3. The number of para-hydroxylation sites is 2. The van der Waals surface area contributed by atoms with Gasteiger partial charge in [0.05, 0.1) is 6.21 Å². The molecule has 3 rings (SSSR count). The van der Waals surface area contributed by atoms with Crippen molar-refractivity contribution in [2.75, 3.05) is 11.9 Å². The molecule has 0 aliphatic rings. The Bertz CT molecular complexity index is 729. The van der Waals surface area contributed by atoms with E-state index in [4.69, 9.17) is 0 Å². The van der Waals surface area contributed by atoms with Gasteiger partial charge in [-0.05, 0) is 42.0 Å². The zero-order valence-corrected chi connectivity index (χ0v) is 19.1. The first-order chi connectivity index (χ1) is 14.4. The molecule has 0 heterocycles. The van der Waals surface area contributed by atoms with Gasteiger partial charge in [0.15, 0.2) is 0 Å². The summed E-state index contributed by atoms with van der Waals surface area (Å²) in [6.45, 7) is 12.0. The van der Waals surface area contributed by atoms with E-state index in [1.807, 2.05) is 72.0 Å². The maximum atomic E-state index is 4.09. The van der Waals surface area contributed by atoms with E-state index >= 15 is 0 Å². The largest absolute Gasteiger partial charge is 0.313 e. The Morgan fingerprint density at radius 2 is 1.07 bits per heavy atom. The number of rotatable bonds is 5. The van der Waals surface area contributed by atoms with Gasteiger partial charge in [0.1, 0.15) is 0 Å². The second kappa shape index (κ2) is 17.1. The fourth-order valence-corrected chi connectivity index (χ4v) is 2.48. The highest BCUT2D eigenvalue weighted by atomic mass is 15.3. The second-order valence-electron chi connectivity index (χ2n) is 5.08. The van der Waals surface area contributed by atoms with Crippen molar-refractivity contribution in [2.45, 2.75) is 41.5 Å². The molecule has 3 aromatic rings. The first-order valence-electron chi connectivity index (χ1n) is 10.6. The third kappa shape index (κ3) is 8.65. The lowest BCUT2D eigenvalue weighted by Crippen LogP contribution is -2.10. The van der Waals surface area contributed by atoms with Gasteiger partial charge in [-0.1, -0.05) is 90.1 Å². The maximum Gasteiger partial charge on any atom is 0.0541 e. The SMILES string of the molecule is CC.CC.CC.CN/N=C/c1cccc(N(c2ccccc2)c2ccccc2)c1. The van der Waals surface area contributed by atoms with Crippen molar-refractivity contribution in [3.63, 3.8) is 0 Å². The van der Waals surface area contributed by atoms with E-state index in [-0.39, 0.29) is 0 Å². The minimum Gasteiger partial charge on any atom is -0.313 e. The number of hydrazone groups is 1. The molecule has 156 valence electrons. The summed E-state index contributed by atoms with van der Waals surface area (Å²) < 4.78 is 0. The van der Waals surface area contributed by atoms with Crippen LogP contribution in [0.4, 0.5) is 17.1 Å². The van der Waals surface area contributed by atoms with Crippen molar-refractivity contribution in [1.82, 2.24) is 5.43 Å². The van der Waals surface area contributed by atoms with Crippen LogP contribution in [0, 0.1) is 0 Å². The zero-order chi connectivity index (χ0) is 21.9. The lowest BCUT2D eigenvalue weighted by Gasteiger charge is -2.25. The van der Waals surface area contributed by atoms with E-state index in [2.05, 4.69) is 76.1 Å². The van der Waals surface area contributed by atoms with Crippen molar-refractivity contribution in [2.24, 2.45) is 5.10 Å². The van der Waals surface area contributed by atoms with Gasteiger partial charge >= 0.3 is 0 Å². The highest BCUT2D eigenvalue weighted by Crippen LogP contribution is 2.34. The fourth-order valence-electron chi connectivity index (χ4n) is 2.48. The number of hydrogen-bond acceptors (Lipinski definition) is 3. The fraction of sp³-hybridized carbons (Fsp3) is 0.269. The molecule has 0 spiro atoms. The van der Waals surface area contributed by atoms with Gasteiger partial charge < -0.3 is 10.3 Å². The Labute approximate surface area is 178 Å². The van der Waals surface area contributed by atoms with Gasteiger partial charge in [-0.15, -0.1) is 0 Å². The van der Waals surface area contributed by atoms with Crippen LogP contribution in [0.1, 0.15) is 47.1 Å². The average molecular weight is 392 g/mol. The number of nitrogens with one attached hydrogen (secondary N) is 1. The van der Waals surface area contributed by atoms with Crippen LogP contribution >= 0.6 is 0 Å². The molecule has 0 bridgehead atoms. The lowest BCUT2D eigenvalue weighted by atomic mass is 10.1. The van der Waals surface area contributed by atoms with Crippen LogP contribution in [0.25, 0.3) is 0 Å². The third-order valence-electron chi connectivity index (χ3n) is 3.50. The van der Waals surface area contributed by atoms with Crippen LogP contribution in [0.15, 0.2) is 90.0 Å². The van der Waals surface area contributed by atoms with E-state index < -0.39 is 0 Å². The summed E-state index contributed by atoms with van der Waals surface area (Å²) in [7, 11) is 1.79. The molecule has 0 aliphatic heterocycles. The normalized spacial score (nSPS) is 9.07. The monoisotopic (exact) mass is 391 g/mol. The first-order valence-corrected chi connectivity index (χ1v) is 10.6. The maximum absolute atomic E-state index is 4.09. The Kier molecular flexibility index (Phi) is 15.3. The molecular formula is C26H37N3. The van der Waals surface area contributed by atoms with Crippen LogP contribution in [0.3, 0.4) is 0 Å². The molecule has 3 nitrogen and oxygen atoms in total. The molecule has 0 atom stereocenters. The highest BCUT2D eigenvalue weighted by molar-refractivity contribution is 5.84. The Morgan fingerprint density at radius 3 is 1.52 bits per heavy atom. The molecule has 0 amide bonds. The zero-order valence-electron chi connectivity index (χ0n) is 19.1. The van der Waals surface area contributed by atoms with E-state index in [9.17, 15) is 0 Å². The van der Waals surface area contributed by atoms with Gasteiger partial charge in [0.2, 0.25) is 0 Å². The van der Waals surface area contributed by atoms with Gasteiger partial charge in [-0.3, -0.25) is 0 Å². The van der Waals surface area contributed by atoms with Gasteiger partial charge in [0.25, 0.3) is 0 Å². The van der Waals surface area contributed by atoms with Crippen molar-refractivity contribution in [3.8, 4) is 0 Å². The van der Waals surface area contributed by atoms with Gasteiger partial charge in [0, 0.05) is 24.1 Å². The molecule has 3 aromatic carbocycles. The van der Waals surface area contributed by atoms with Crippen molar-refractivity contribution < 1.29 is 0 Å². The topological polar surface area (TPSA) is 27.6 Å². The molecule has 0 aliphatic carbocycles. The smallest absolute Gasteiger partial charge is 0.0541 e. The predicted octanol–water partition coefficient (Wildman–Crippen LogP) is 7.79. The van der Waals surface area contributed by atoms with Crippen molar-refractivity contribution in [3.05, 3.63) is 90.5 Å². The molecular weight excluding hydrogens is 354 g/mol. The Hall–Kier alpha value is -3.07. The standard InChI is InChI=1S/C20H19N3.3C2H6/c1-21-22-16-17-9-8-14-20(15-17)23(18-10-4-2-5-11-18)19-12-6-3-7-13-19;3*1-2/h2-16,21H,1H3;3*1-2H3/b22-16+;;;. The predicted molar refractivity (Wildman–Crippen MR) is 132 cm³/mol. The summed E-state index contributed by atoms with van der Waals surface area (Å²) in [6, 6.07) is 29.0. The molecule has 3 heteroatoms. The summed E-state index contributed by atoms with van der Waals surface area (Å²) in [5.41, 5.74) is 7.19. The summed E-state index contributed by atoms with van der Waals surface area (Å²) in [4.78, 5) is 2.23. The van der Waals surface area contributed by atoms with Crippen molar-refractivity contribution >= 4 is 23.3 Å². The van der Waals surface area contributed by atoms with E-state index in [1.54, 1.807) is 7.05 Å².